The highest BCUT2D eigenvalue weighted by molar-refractivity contribution is 5.80. The number of likely N-dealkylation sites (tertiary alicyclic amines) is 1. The molecule has 174 valence electrons. The average molecular weight is 443 g/mol. The second-order valence-corrected chi connectivity index (χ2v) is 8.76. The number of benzene rings is 1. The SMILES string of the molecule is CCNC(=NCC1CCN(Cc2ccccc2F)CC1)N1CCN(Cc2ccon2)CC1. The lowest BCUT2D eigenvalue weighted by Crippen LogP contribution is -2.52. The van der Waals surface area contributed by atoms with E-state index in [0.717, 1.165) is 89.0 Å². The van der Waals surface area contributed by atoms with Gasteiger partial charge >= 0.3 is 0 Å². The van der Waals surface area contributed by atoms with Crippen molar-refractivity contribution < 1.29 is 8.91 Å². The minimum Gasteiger partial charge on any atom is -0.364 e. The second-order valence-electron chi connectivity index (χ2n) is 8.76. The molecule has 2 aliphatic heterocycles. The van der Waals surface area contributed by atoms with Crippen molar-refractivity contribution in [2.75, 3.05) is 52.4 Å². The fraction of sp³-hybridized carbons (Fsp3) is 0.583. The van der Waals surface area contributed by atoms with Gasteiger partial charge in [0.2, 0.25) is 0 Å². The molecular formula is C24H35FN6O. The Morgan fingerprint density at radius 1 is 1.06 bits per heavy atom. The van der Waals surface area contributed by atoms with Crippen molar-refractivity contribution in [2.24, 2.45) is 10.9 Å². The first-order valence-electron chi connectivity index (χ1n) is 11.8. The Hall–Kier alpha value is -2.45. The van der Waals surface area contributed by atoms with Crippen LogP contribution in [0.5, 0.6) is 0 Å². The molecule has 7 nitrogen and oxygen atoms in total. The predicted octanol–water partition coefficient (Wildman–Crippen LogP) is 2.81. The smallest absolute Gasteiger partial charge is 0.194 e. The average Bonchev–Trinajstić information content (AvgIpc) is 3.33. The summed E-state index contributed by atoms with van der Waals surface area (Å²) in [7, 11) is 0. The van der Waals surface area contributed by atoms with Gasteiger partial charge in [0.1, 0.15) is 12.1 Å². The van der Waals surface area contributed by atoms with Gasteiger partial charge in [-0.05, 0) is 44.8 Å². The zero-order chi connectivity index (χ0) is 22.2. The van der Waals surface area contributed by atoms with Crippen LogP contribution < -0.4 is 5.32 Å². The van der Waals surface area contributed by atoms with Crippen LogP contribution in [0.15, 0.2) is 46.1 Å². The van der Waals surface area contributed by atoms with Crippen LogP contribution in [-0.2, 0) is 13.1 Å². The number of rotatable bonds is 7. The number of aromatic nitrogens is 1. The zero-order valence-electron chi connectivity index (χ0n) is 19.0. The summed E-state index contributed by atoms with van der Waals surface area (Å²) in [5, 5.41) is 7.50. The largest absolute Gasteiger partial charge is 0.364 e. The Morgan fingerprint density at radius 3 is 2.50 bits per heavy atom. The van der Waals surface area contributed by atoms with Crippen molar-refractivity contribution in [1.29, 1.82) is 0 Å². The number of nitrogens with zero attached hydrogens (tertiary/aromatic N) is 5. The molecule has 0 aliphatic carbocycles. The Bertz CT molecular complexity index is 842. The Balaban J connectivity index is 1.23. The molecule has 1 aromatic carbocycles. The van der Waals surface area contributed by atoms with Crippen LogP contribution in [0.3, 0.4) is 0 Å². The summed E-state index contributed by atoms with van der Waals surface area (Å²) in [4.78, 5) is 12.1. The summed E-state index contributed by atoms with van der Waals surface area (Å²) in [5.41, 5.74) is 1.78. The van der Waals surface area contributed by atoms with Crippen LogP contribution in [0, 0.1) is 11.7 Å². The standard InChI is InChI=1S/C24H35FN6O/c1-2-26-24(31-14-12-30(13-15-31)19-22-9-16-32-28-22)27-17-20-7-10-29(11-8-20)18-21-5-3-4-6-23(21)25/h3-6,9,16,20H,2,7-8,10-15,17-19H2,1H3,(H,26,27). The van der Waals surface area contributed by atoms with Gasteiger partial charge in [0, 0.05) is 64.0 Å². The summed E-state index contributed by atoms with van der Waals surface area (Å²) in [6, 6.07) is 9.03. The van der Waals surface area contributed by atoms with E-state index in [9.17, 15) is 4.39 Å². The molecule has 1 aromatic heterocycles. The van der Waals surface area contributed by atoms with Crippen LogP contribution in [0.25, 0.3) is 0 Å². The summed E-state index contributed by atoms with van der Waals surface area (Å²) < 4.78 is 18.9. The molecule has 1 N–H and O–H groups in total. The van der Waals surface area contributed by atoms with E-state index in [2.05, 4.69) is 32.1 Å². The van der Waals surface area contributed by atoms with Gasteiger partial charge < -0.3 is 14.7 Å². The molecule has 0 atom stereocenters. The molecule has 2 aliphatic rings. The Kier molecular flexibility index (Phi) is 8.12. The topological polar surface area (TPSA) is 60.1 Å². The summed E-state index contributed by atoms with van der Waals surface area (Å²) >= 11 is 0. The van der Waals surface area contributed by atoms with Crippen molar-refractivity contribution >= 4 is 5.96 Å². The Morgan fingerprint density at radius 2 is 1.81 bits per heavy atom. The van der Waals surface area contributed by atoms with Gasteiger partial charge in [-0.2, -0.15) is 0 Å². The number of aliphatic imine (C=N–C) groups is 1. The number of piperidine rings is 1. The molecule has 0 unspecified atom stereocenters. The van der Waals surface area contributed by atoms with Crippen LogP contribution >= 0.6 is 0 Å². The van der Waals surface area contributed by atoms with E-state index >= 15 is 0 Å². The first kappa shape index (κ1) is 22.7. The lowest BCUT2D eigenvalue weighted by atomic mass is 9.96. The van der Waals surface area contributed by atoms with E-state index in [1.54, 1.807) is 18.4 Å². The maximum Gasteiger partial charge on any atom is 0.194 e. The molecule has 0 bridgehead atoms. The number of nitrogens with one attached hydrogen (secondary N) is 1. The second kappa shape index (κ2) is 11.4. The fourth-order valence-electron chi connectivity index (χ4n) is 4.50. The van der Waals surface area contributed by atoms with Crippen LogP contribution in [0.2, 0.25) is 0 Å². The van der Waals surface area contributed by atoms with Gasteiger partial charge in [-0.25, -0.2) is 4.39 Å². The van der Waals surface area contributed by atoms with Crippen molar-refractivity contribution in [3.05, 3.63) is 53.7 Å². The monoisotopic (exact) mass is 442 g/mol. The van der Waals surface area contributed by atoms with E-state index in [-0.39, 0.29) is 5.82 Å². The van der Waals surface area contributed by atoms with Crippen molar-refractivity contribution in [1.82, 2.24) is 25.2 Å². The molecule has 0 radical (unpaired) electrons. The molecular weight excluding hydrogens is 407 g/mol. The van der Waals surface area contributed by atoms with Crippen molar-refractivity contribution in [3.63, 3.8) is 0 Å². The fourth-order valence-corrected chi connectivity index (χ4v) is 4.50. The van der Waals surface area contributed by atoms with Gasteiger partial charge in [0.25, 0.3) is 0 Å². The predicted molar refractivity (Wildman–Crippen MR) is 124 cm³/mol. The van der Waals surface area contributed by atoms with E-state index in [0.29, 0.717) is 12.5 Å². The lowest BCUT2D eigenvalue weighted by Gasteiger charge is -2.36. The highest BCUT2D eigenvalue weighted by Gasteiger charge is 2.23. The molecule has 3 heterocycles. The first-order valence-corrected chi connectivity index (χ1v) is 11.8. The highest BCUT2D eigenvalue weighted by Crippen LogP contribution is 2.20. The van der Waals surface area contributed by atoms with Crippen LogP contribution in [-0.4, -0.2) is 78.2 Å². The molecule has 0 amide bonds. The third-order valence-corrected chi connectivity index (χ3v) is 6.44. The van der Waals surface area contributed by atoms with E-state index in [4.69, 9.17) is 9.52 Å². The number of hydrogen-bond acceptors (Lipinski definition) is 5. The normalized spacial score (nSPS) is 19.4. The summed E-state index contributed by atoms with van der Waals surface area (Å²) in [6.07, 6.45) is 3.86. The zero-order valence-corrected chi connectivity index (χ0v) is 19.0. The van der Waals surface area contributed by atoms with E-state index < -0.39 is 0 Å². The molecule has 8 heteroatoms. The van der Waals surface area contributed by atoms with Gasteiger partial charge in [-0.15, -0.1) is 0 Å². The van der Waals surface area contributed by atoms with Gasteiger partial charge in [0.05, 0.1) is 5.69 Å². The maximum atomic E-state index is 13.9. The quantitative estimate of drug-likeness (QED) is 0.526. The lowest BCUT2D eigenvalue weighted by molar-refractivity contribution is 0.167. The molecule has 2 saturated heterocycles. The van der Waals surface area contributed by atoms with Gasteiger partial charge in [-0.3, -0.25) is 14.8 Å². The number of piperazine rings is 1. The maximum absolute atomic E-state index is 13.9. The first-order chi connectivity index (χ1) is 15.7. The minimum atomic E-state index is -0.101. The van der Waals surface area contributed by atoms with Crippen LogP contribution in [0.4, 0.5) is 4.39 Å². The Labute approximate surface area is 190 Å². The van der Waals surface area contributed by atoms with Crippen LogP contribution in [0.1, 0.15) is 31.0 Å². The third-order valence-electron chi connectivity index (χ3n) is 6.44. The molecule has 2 aromatic rings. The van der Waals surface area contributed by atoms with E-state index in [1.807, 2.05) is 18.2 Å². The highest BCUT2D eigenvalue weighted by atomic mass is 19.1. The molecule has 2 fully saturated rings. The van der Waals surface area contributed by atoms with E-state index in [1.165, 1.54) is 0 Å². The number of halogens is 1. The minimum absolute atomic E-state index is 0.101. The molecule has 4 rings (SSSR count). The van der Waals surface area contributed by atoms with Crippen molar-refractivity contribution in [3.8, 4) is 0 Å². The number of hydrogen-bond donors (Lipinski definition) is 1. The van der Waals surface area contributed by atoms with Gasteiger partial charge in [0.15, 0.2) is 5.96 Å². The summed E-state index contributed by atoms with van der Waals surface area (Å²) in [6.45, 7) is 11.3. The molecule has 0 saturated carbocycles. The molecule has 0 spiro atoms. The molecule has 32 heavy (non-hydrogen) atoms. The van der Waals surface area contributed by atoms with Crippen molar-refractivity contribution in [2.45, 2.75) is 32.9 Å². The summed E-state index contributed by atoms with van der Waals surface area (Å²) in [5.74, 6) is 1.52. The van der Waals surface area contributed by atoms with Gasteiger partial charge in [-0.1, -0.05) is 23.4 Å². The number of guanidine groups is 1. The third kappa shape index (κ3) is 6.29.